The van der Waals surface area contributed by atoms with E-state index in [1.165, 1.54) is 4.90 Å². The third-order valence-electron chi connectivity index (χ3n) is 3.08. The molecule has 0 heterocycles. The first-order valence-electron chi connectivity index (χ1n) is 7.08. The summed E-state index contributed by atoms with van der Waals surface area (Å²) in [5.41, 5.74) is 1.08. The normalized spacial score (nSPS) is 11.2. The number of likely N-dealkylation sites (N-methyl/N-ethyl adjacent to an activating group) is 2. The Morgan fingerprint density at radius 1 is 1.23 bits per heavy atom. The SMILES string of the molecule is CCNC(=O)CN(CC)C(=O)C(C)=Cc1c(Cl)cccc1Cl. The van der Waals surface area contributed by atoms with Gasteiger partial charge >= 0.3 is 0 Å². The lowest BCUT2D eigenvalue weighted by atomic mass is 10.1. The molecule has 1 N–H and O–H groups in total. The van der Waals surface area contributed by atoms with Gasteiger partial charge in [0, 0.05) is 34.3 Å². The summed E-state index contributed by atoms with van der Waals surface area (Å²) in [6.07, 6.45) is 1.65. The molecule has 0 aliphatic heterocycles. The minimum atomic E-state index is -0.218. The van der Waals surface area contributed by atoms with Crippen molar-refractivity contribution in [2.45, 2.75) is 20.8 Å². The average Bonchev–Trinajstić information content (AvgIpc) is 2.48. The number of rotatable bonds is 6. The molecule has 0 radical (unpaired) electrons. The first-order chi connectivity index (χ1) is 10.4. The van der Waals surface area contributed by atoms with Crippen LogP contribution in [0.5, 0.6) is 0 Å². The van der Waals surface area contributed by atoms with Gasteiger partial charge in [-0.2, -0.15) is 0 Å². The summed E-state index contributed by atoms with van der Waals surface area (Å²) < 4.78 is 0. The van der Waals surface area contributed by atoms with Crippen molar-refractivity contribution >= 4 is 41.1 Å². The Bertz CT molecular complexity index is 565. The molecule has 0 atom stereocenters. The van der Waals surface area contributed by atoms with Gasteiger partial charge in [0.2, 0.25) is 11.8 Å². The van der Waals surface area contributed by atoms with Crippen LogP contribution in [0.15, 0.2) is 23.8 Å². The van der Waals surface area contributed by atoms with Crippen molar-refractivity contribution in [3.63, 3.8) is 0 Å². The van der Waals surface area contributed by atoms with Crippen LogP contribution in [0.1, 0.15) is 26.3 Å². The minimum Gasteiger partial charge on any atom is -0.355 e. The number of amides is 2. The predicted octanol–water partition coefficient (Wildman–Crippen LogP) is 3.38. The molecule has 0 aromatic heterocycles. The van der Waals surface area contributed by atoms with Gasteiger partial charge in [-0.1, -0.05) is 29.3 Å². The Morgan fingerprint density at radius 3 is 2.32 bits per heavy atom. The summed E-state index contributed by atoms with van der Waals surface area (Å²) in [6.45, 7) is 6.35. The van der Waals surface area contributed by atoms with Gasteiger partial charge in [-0.05, 0) is 39.0 Å². The summed E-state index contributed by atoms with van der Waals surface area (Å²) in [6, 6.07) is 5.17. The highest BCUT2D eigenvalue weighted by Crippen LogP contribution is 2.26. The fraction of sp³-hybridized carbons (Fsp3) is 0.375. The number of halogens is 2. The first kappa shape index (κ1) is 18.5. The second-order valence-corrected chi connectivity index (χ2v) is 5.55. The highest BCUT2D eigenvalue weighted by Gasteiger charge is 2.17. The molecule has 4 nitrogen and oxygen atoms in total. The summed E-state index contributed by atoms with van der Waals surface area (Å²) in [7, 11) is 0. The van der Waals surface area contributed by atoms with E-state index in [4.69, 9.17) is 23.2 Å². The molecule has 0 fully saturated rings. The smallest absolute Gasteiger partial charge is 0.249 e. The largest absolute Gasteiger partial charge is 0.355 e. The van der Waals surface area contributed by atoms with Crippen molar-refractivity contribution in [3.8, 4) is 0 Å². The minimum absolute atomic E-state index is 0.0323. The Hall–Kier alpha value is -1.52. The Balaban J connectivity index is 2.94. The molecule has 0 aliphatic rings. The maximum absolute atomic E-state index is 12.4. The van der Waals surface area contributed by atoms with E-state index in [2.05, 4.69) is 5.32 Å². The van der Waals surface area contributed by atoms with E-state index < -0.39 is 0 Å². The Kier molecular flexibility index (Phi) is 7.42. The predicted molar refractivity (Wildman–Crippen MR) is 91.1 cm³/mol. The lowest BCUT2D eigenvalue weighted by molar-refractivity contribution is -0.132. The van der Waals surface area contributed by atoms with Gasteiger partial charge < -0.3 is 10.2 Å². The molecule has 120 valence electrons. The number of hydrogen-bond donors (Lipinski definition) is 1. The van der Waals surface area contributed by atoms with Gasteiger partial charge in [-0.3, -0.25) is 9.59 Å². The Morgan fingerprint density at radius 2 is 1.82 bits per heavy atom. The molecule has 1 aromatic rings. The second-order valence-electron chi connectivity index (χ2n) is 4.74. The lowest BCUT2D eigenvalue weighted by Crippen LogP contribution is -2.40. The van der Waals surface area contributed by atoms with Crippen LogP contribution in [0.2, 0.25) is 10.0 Å². The summed E-state index contributed by atoms with van der Waals surface area (Å²) in [4.78, 5) is 25.5. The van der Waals surface area contributed by atoms with Crippen molar-refractivity contribution in [1.29, 1.82) is 0 Å². The van der Waals surface area contributed by atoms with Crippen LogP contribution in [0.25, 0.3) is 6.08 Å². The molecule has 1 aromatic carbocycles. The number of nitrogens with one attached hydrogen (secondary N) is 1. The quantitative estimate of drug-likeness (QED) is 0.805. The van der Waals surface area contributed by atoms with Crippen LogP contribution < -0.4 is 5.32 Å². The summed E-state index contributed by atoms with van der Waals surface area (Å²) >= 11 is 12.2. The van der Waals surface area contributed by atoms with Crippen molar-refractivity contribution in [3.05, 3.63) is 39.4 Å². The standard InChI is InChI=1S/C16H20Cl2N2O2/c1-4-19-15(21)10-20(5-2)16(22)11(3)9-12-13(17)7-6-8-14(12)18/h6-9H,4-5,10H2,1-3H3,(H,19,21). The first-order valence-corrected chi connectivity index (χ1v) is 7.84. The van der Waals surface area contributed by atoms with Crippen LogP contribution in [0.3, 0.4) is 0 Å². The fourth-order valence-corrected chi connectivity index (χ4v) is 2.44. The molecular formula is C16H20Cl2N2O2. The molecule has 2 amide bonds. The third kappa shape index (κ3) is 5.04. The van der Waals surface area contributed by atoms with Crippen LogP contribution in [0, 0.1) is 0 Å². The van der Waals surface area contributed by atoms with E-state index in [-0.39, 0.29) is 18.4 Å². The lowest BCUT2D eigenvalue weighted by Gasteiger charge is -2.20. The maximum atomic E-state index is 12.4. The molecule has 0 spiro atoms. The fourth-order valence-electron chi connectivity index (χ4n) is 1.93. The number of carbonyl (C=O) groups is 2. The summed E-state index contributed by atoms with van der Waals surface area (Å²) in [5, 5.41) is 3.63. The van der Waals surface area contributed by atoms with Crippen LogP contribution in [-0.2, 0) is 9.59 Å². The average molecular weight is 343 g/mol. The van der Waals surface area contributed by atoms with Gasteiger partial charge in [-0.25, -0.2) is 0 Å². The van der Waals surface area contributed by atoms with Gasteiger partial charge in [0.15, 0.2) is 0 Å². The van der Waals surface area contributed by atoms with Crippen molar-refractivity contribution in [1.82, 2.24) is 10.2 Å². The number of carbonyl (C=O) groups excluding carboxylic acids is 2. The van der Waals surface area contributed by atoms with E-state index in [0.29, 0.717) is 34.3 Å². The summed E-state index contributed by atoms with van der Waals surface area (Å²) in [5.74, 6) is -0.397. The molecule has 6 heteroatoms. The zero-order chi connectivity index (χ0) is 16.7. The van der Waals surface area contributed by atoms with Crippen LogP contribution >= 0.6 is 23.2 Å². The molecular weight excluding hydrogens is 323 g/mol. The van der Waals surface area contributed by atoms with E-state index in [1.807, 2.05) is 13.8 Å². The van der Waals surface area contributed by atoms with E-state index in [0.717, 1.165) is 0 Å². The molecule has 0 saturated carbocycles. The van der Waals surface area contributed by atoms with Crippen molar-refractivity contribution in [2.75, 3.05) is 19.6 Å². The van der Waals surface area contributed by atoms with E-state index in [9.17, 15) is 9.59 Å². The second kappa shape index (κ2) is 8.81. The monoisotopic (exact) mass is 342 g/mol. The van der Waals surface area contributed by atoms with E-state index >= 15 is 0 Å². The molecule has 0 bridgehead atoms. The number of benzene rings is 1. The molecule has 0 saturated heterocycles. The van der Waals surface area contributed by atoms with Gasteiger partial charge in [0.25, 0.3) is 0 Å². The molecule has 22 heavy (non-hydrogen) atoms. The Labute approximate surface area is 141 Å². The molecule has 0 aliphatic carbocycles. The van der Waals surface area contributed by atoms with Gasteiger partial charge in [0.05, 0.1) is 6.54 Å². The van der Waals surface area contributed by atoms with Gasteiger partial charge in [0.1, 0.15) is 0 Å². The van der Waals surface area contributed by atoms with Crippen molar-refractivity contribution in [2.24, 2.45) is 0 Å². The maximum Gasteiger partial charge on any atom is 0.249 e. The number of nitrogens with zero attached hydrogens (tertiary/aromatic N) is 1. The number of hydrogen-bond acceptors (Lipinski definition) is 2. The van der Waals surface area contributed by atoms with Crippen LogP contribution in [0.4, 0.5) is 0 Å². The molecule has 0 unspecified atom stereocenters. The molecule has 1 rings (SSSR count). The zero-order valence-electron chi connectivity index (χ0n) is 13.0. The van der Waals surface area contributed by atoms with Gasteiger partial charge in [-0.15, -0.1) is 0 Å². The van der Waals surface area contributed by atoms with Crippen molar-refractivity contribution < 1.29 is 9.59 Å². The highest BCUT2D eigenvalue weighted by molar-refractivity contribution is 6.37. The van der Waals surface area contributed by atoms with E-state index in [1.54, 1.807) is 31.2 Å². The zero-order valence-corrected chi connectivity index (χ0v) is 14.5. The third-order valence-corrected chi connectivity index (χ3v) is 3.73. The highest BCUT2D eigenvalue weighted by atomic mass is 35.5. The van der Waals surface area contributed by atoms with Crippen LogP contribution in [-0.4, -0.2) is 36.3 Å². The topological polar surface area (TPSA) is 49.4 Å².